The number of nitrogens with one attached hydrogen (secondary N) is 9. The molecule has 1 aliphatic rings. The number of amides is 11. The first kappa shape index (κ1) is 63.2. The molecule has 0 aromatic carbocycles. The number of unbranched alkanes of at least 4 members (excludes halogenated alkanes) is 1. The van der Waals surface area contributed by atoms with Gasteiger partial charge in [-0.15, -0.1) is 0 Å². The summed E-state index contributed by atoms with van der Waals surface area (Å²) in [5.41, 5.74) is 16.4. The summed E-state index contributed by atoms with van der Waals surface area (Å²) in [6, 6.07) is -11.4. The minimum Gasteiger partial charge on any atom is -0.480 e. The number of aliphatic hydroxyl groups excluding tert-OH is 1. The first-order valence-corrected chi connectivity index (χ1v) is 24.3. The highest BCUT2D eigenvalue weighted by molar-refractivity contribution is 7.80. The van der Waals surface area contributed by atoms with Gasteiger partial charge >= 0.3 is 5.97 Å². The highest BCUT2D eigenvalue weighted by Gasteiger charge is 2.39. The highest BCUT2D eigenvalue weighted by atomic mass is 32.1. The maximum absolute atomic E-state index is 13.9. The fourth-order valence-electron chi connectivity index (χ4n) is 6.88. The van der Waals surface area contributed by atoms with E-state index in [4.69, 9.17) is 22.3 Å². The number of nitrogens with two attached hydrogens (primary N) is 3. The summed E-state index contributed by atoms with van der Waals surface area (Å²) >= 11 is 8.30. The number of aliphatic hydroxyl groups is 1. The van der Waals surface area contributed by atoms with Gasteiger partial charge in [-0.1, -0.05) is 27.7 Å². The number of carboxylic acid groups (broad SMARTS) is 1. The summed E-state index contributed by atoms with van der Waals surface area (Å²) in [7, 11) is 0. The Balaban J connectivity index is 2.96. The highest BCUT2D eigenvalue weighted by Crippen LogP contribution is 2.19. The van der Waals surface area contributed by atoms with Crippen LogP contribution in [-0.2, 0) is 57.5 Å². The molecule has 71 heavy (non-hydrogen) atoms. The van der Waals surface area contributed by atoms with Crippen LogP contribution >= 0.6 is 25.3 Å². The molecule has 1 heterocycles. The third-order valence-corrected chi connectivity index (χ3v) is 11.5. The van der Waals surface area contributed by atoms with E-state index in [1.807, 2.05) is 0 Å². The van der Waals surface area contributed by atoms with Crippen LogP contribution in [0.1, 0.15) is 79.6 Å². The normalized spacial score (nSPS) is 16.6. The van der Waals surface area contributed by atoms with E-state index in [-0.39, 0.29) is 43.2 Å². The van der Waals surface area contributed by atoms with E-state index in [1.165, 1.54) is 11.8 Å². The summed E-state index contributed by atoms with van der Waals surface area (Å²) in [5.74, 6) is -11.7. The summed E-state index contributed by atoms with van der Waals surface area (Å²) in [6.07, 6.45) is 0.993. The van der Waals surface area contributed by atoms with Gasteiger partial charge in [-0.25, -0.2) is 4.79 Å². The molecule has 0 saturated carbocycles. The molecular formula is C42H73N13O14S2. The molecule has 0 aliphatic carbocycles. The first-order chi connectivity index (χ1) is 33.3. The molecule has 0 spiro atoms. The van der Waals surface area contributed by atoms with Crippen LogP contribution in [0.25, 0.3) is 0 Å². The molecule has 0 aromatic heterocycles. The Bertz CT molecular complexity index is 1900. The van der Waals surface area contributed by atoms with Crippen molar-refractivity contribution < 1.29 is 67.7 Å². The lowest BCUT2D eigenvalue weighted by atomic mass is 10.0. The molecule has 11 amide bonds. The Labute approximate surface area is 422 Å². The Hall–Kier alpha value is -5.78. The molecule has 0 bridgehead atoms. The fraction of sp³-hybridized carbons (Fsp3) is 0.714. The number of rotatable bonds is 32. The van der Waals surface area contributed by atoms with E-state index < -0.39 is 157 Å². The van der Waals surface area contributed by atoms with Crippen molar-refractivity contribution in [3.8, 4) is 0 Å². The number of likely N-dealkylation sites (tertiary alicyclic amines) is 1. The maximum Gasteiger partial charge on any atom is 0.326 e. The molecule has 0 radical (unpaired) electrons. The Morgan fingerprint density at radius 1 is 0.662 bits per heavy atom. The Kier molecular flexibility index (Phi) is 28.7. The second-order valence-electron chi connectivity index (χ2n) is 17.6. The third-order valence-electron chi connectivity index (χ3n) is 10.8. The van der Waals surface area contributed by atoms with Crippen LogP contribution in [0.3, 0.4) is 0 Å². The minimum atomic E-state index is -1.62. The number of hydrogen-bond acceptors (Lipinski definition) is 17. The molecule has 1 fully saturated rings. The van der Waals surface area contributed by atoms with Gasteiger partial charge in [0.15, 0.2) is 0 Å². The van der Waals surface area contributed by atoms with Crippen molar-refractivity contribution >= 4 is 96.2 Å². The monoisotopic (exact) mass is 1050 g/mol. The molecule has 17 N–H and O–H groups in total. The van der Waals surface area contributed by atoms with Gasteiger partial charge in [-0.3, -0.25) is 52.7 Å². The van der Waals surface area contributed by atoms with Crippen LogP contribution in [0, 0.1) is 11.8 Å². The van der Waals surface area contributed by atoms with E-state index in [0.717, 1.165) is 0 Å². The molecule has 29 heteroatoms. The first-order valence-electron chi connectivity index (χ1n) is 23.1. The largest absolute Gasteiger partial charge is 0.480 e. The van der Waals surface area contributed by atoms with Crippen LogP contribution in [0.4, 0.5) is 0 Å². The molecule has 0 aromatic rings. The number of nitrogens with zero attached hydrogens (tertiary/aromatic N) is 1. The lowest BCUT2D eigenvalue weighted by molar-refractivity contribution is -0.143. The van der Waals surface area contributed by atoms with Crippen molar-refractivity contribution in [3.63, 3.8) is 0 Å². The zero-order chi connectivity index (χ0) is 54.1. The van der Waals surface area contributed by atoms with Crippen LogP contribution in [0.15, 0.2) is 0 Å². The van der Waals surface area contributed by atoms with Crippen molar-refractivity contribution in [3.05, 3.63) is 0 Å². The molecule has 27 nitrogen and oxygen atoms in total. The Morgan fingerprint density at radius 3 is 1.76 bits per heavy atom. The van der Waals surface area contributed by atoms with E-state index in [9.17, 15) is 62.6 Å². The SMILES string of the molecule is CC(C)C[C@H](NC(=O)[C@H](CCCCN)NC(=O)[C@H](C)NC(=O)[C@@H](N)CO)C(=O)N[C@@H](CS)C(=O)N1CCC[C@H]1C(=O)NCC(=O)NCC(=O)N[C@@H](CC(N)=O)C(=O)N[C@@H](CS)C(=O)N[C@H](C(=O)O)C(C)C. The number of aliphatic carboxylic acids is 1. The van der Waals surface area contributed by atoms with Crippen LogP contribution < -0.4 is 65.1 Å². The van der Waals surface area contributed by atoms with E-state index in [0.29, 0.717) is 25.8 Å². The number of carbonyl (C=O) groups is 12. The van der Waals surface area contributed by atoms with Gasteiger partial charge in [0.05, 0.1) is 26.1 Å². The lowest BCUT2D eigenvalue weighted by Gasteiger charge is -2.30. The average molecular weight is 1050 g/mol. The summed E-state index contributed by atoms with van der Waals surface area (Å²) in [5, 5.41) is 40.2. The van der Waals surface area contributed by atoms with E-state index >= 15 is 0 Å². The molecule has 9 atom stereocenters. The van der Waals surface area contributed by atoms with Gasteiger partial charge < -0.3 is 80.2 Å². The van der Waals surface area contributed by atoms with E-state index in [2.05, 4.69) is 73.1 Å². The number of primary amides is 1. The summed E-state index contributed by atoms with van der Waals surface area (Å²) in [4.78, 5) is 155. The van der Waals surface area contributed by atoms with Gasteiger partial charge in [0.2, 0.25) is 65.0 Å². The third kappa shape index (κ3) is 22.5. The smallest absolute Gasteiger partial charge is 0.326 e. The Morgan fingerprint density at radius 2 is 1.21 bits per heavy atom. The van der Waals surface area contributed by atoms with Gasteiger partial charge in [0.1, 0.15) is 54.4 Å². The van der Waals surface area contributed by atoms with Gasteiger partial charge in [0.25, 0.3) is 0 Å². The number of carbonyl (C=O) groups excluding carboxylic acids is 11. The molecule has 1 rings (SSSR count). The number of carboxylic acids is 1. The minimum absolute atomic E-state index is 0.102. The maximum atomic E-state index is 13.9. The van der Waals surface area contributed by atoms with E-state index in [1.54, 1.807) is 27.7 Å². The zero-order valence-corrected chi connectivity index (χ0v) is 42.4. The topological polar surface area (TPSA) is 435 Å². The quantitative estimate of drug-likeness (QED) is 0.0220. The molecule has 402 valence electrons. The second kappa shape index (κ2) is 32.2. The van der Waals surface area contributed by atoms with Crippen molar-refractivity contribution in [1.82, 2.24) is 52.8 Å². The van der Waals surface area contributed by atoms with Crippen LogP contribution in [0.5, 0.6) is 0 Å². The van der Waals surface area contributed by atoms with Crippen molar-refractivity contribution in [2.45, 2.75) is 134 Å². The second-order valence-corrected chi connectivity index (χ2v) is 18.3. The number of thiol groups is 2. The van der Waals surface area contributed by atoms with Gasteiger partial charge in [-0.2, -0.15) is 25.3 Å². The van der Waals surface area contributed by atoms with Crippen LogP contribution in [0.2, 0.25) is 0 Å². The lowest BCUT2D eigenvalue weighted by Crippen LogP contribution is -2.60. The van der Waals surface area contributed by atoms with Crippen LogP contribution in [-0.4, -0.2) is 185 Å². The average Bonchev–Trinajstić information content (AvgIpc) is 3.81. The molecule has 0 unspecified atom stereocenters. The molecule has 1 saturated heterocycles. The van der Waals surface area contributed by atoms with Crippen molar-refractivity contribution in [2.75, 3.05) is 44.3 Å². The van der Waals surface area contributed by atoms with Gasteiger partial charge in [-0.05, 0) is 63.8 Å². The molecule has 1 aliphatic heterocycles. The summed E-state index contributed by atoms with van der Waals surface area (Å²) in [6.45, 7) is 6.39. The molecular weight excluding hydrogens is 975 g/mol. The van der Waals surface area contributed by atoms with Crippen molar-refractivity contribution in [1.29, 1.82) is 0 Å². The van der Waals surface area contributed by atoms with Crippen molar-refractivity contribution in [2.24, 2.45) is 29.0 Å². The predicted octanol–water partition coefficient (Wildman–Crippen LogP) is -6.41. The van der Waals surface area contributed by atoms with Gasteiger partial charge in [0, 0.05) is 18.1 Å². The predicted molar refractivity (Wildman–Crippen MR) is 261 cm³/mol. The number of hydrogen-bond donors (Lipinski definition) is 16. The zero-order valence-electron chi connectivity index (χ0n) is 40.6. The fourth-order valence-corrected chi connectivity index (χ4v) is 7.38. The summed E-state index contributed by atoms with van der Waals surface area (Å²) < 4.78 is 0. The standard InChI is InChI=1S/C42H73N13O14S2/c1-20(2)13-25(51-36(62)24(9-6-7-11-43)50-34(60)22(5)48-35(61)23(44)17-56)37(63)53-28(19-71)41(67)55-12-8-10-29(55)40(66)47-15-31(58)46-16-32(59)49-26(14-30(45)57)38(64)52-27(18-70)39(65)54-33(21(3)4)42(68)69/h20-29,33,56,70-71H,6-19,43-44H2,1-5H3,(H2,45,57)(H,46,58)(H,47,66)(H,48,61)(H,49,59)(H,50,60)(H,51,62)(H,52,64)(H,53,63)(H,54,65)(H,68,69)/t22-,23-,24-,25-,26-,27-,28-,29-,33-/m0/s1.